The zero-order chi connectivity index (χ0) is 14.7. The quantitative estimate of drug-likeness (QED) is 0.761. The van der Waals surface area contributed by atoms with Crippen LogP contribution < -0.4 is 0 Å². The van der Waals surface area contributed by atoms with Crippen molar-refractivity contribution in [2.75, 3.05) is 6.61 Å². The van der Waals surface area contributed by atoms with Crippen LogP contribution in [0.2, 0.25) is 0 Å². The van der Waals surface area contributed by atoms with Gasteiger partial charge in [0.05, 0.1) is 17.9 Å². The van der Waals surface area contributed by atoms with Crippen LogP contribution >= 0.6 is 0 Å². The Kier molecular flexibility index (Phi) is 4.69. The summed E-state index contributed by atoms with van der Waals surface area (Å²) in [7, 11) is 0. The number of dihydropyridines is 1. The van der Waals surface area contributed by atoms with Crippen molar-refractivity contribution in [3.8, 4) is 0 Å². The molecule has 114 valence electrons. The average Bonchev–Trinajstić information content (AvgIpc) is 2.61. The van der Waals surface area contributed by atoms with E-state index in [0.717, 1.165) is 31.6 Å². The zero-order valence-corrected chi connectivity index (χ0v) is 13.3. The predicted octanol–water partition coefficient (Wildman–Crippen LogP) is 4.24. The molecule has 0 spiro atoms. The highest BCUT2D eigenvalue weighted by atomic mass is 16.5. The highest BCUT2D eigenvalue weighted by molar-refractivity contribution is 6.03. The van der Waals surface area contributed by atoms with Gasteiger partial charge in [0.25, 0.3) is 0 Å². The van der Waals surface area contributed by atoms with Gasteiger partial charge in [-0.3, -0.25) is 9.98 Å². The number of rotatable bonds is 4. The molecule has 1 fully saturated rings. The average molecular weight is 286 g/mol. The van der Waals surface area contributed by atoms with E-state index < -0.39 is 0 Å². The third-order valence-electron chi connectivity index (χ3n) is 4.44. The molecular formula is C18H26N2O. The number of fused-ring (bicyclic) bond motifs is 2. The number of aliphatic imine (C=N–C) groups is 2. The van der Waals surface area contributed by atoms with E-state index in [-0.39, 0.29) is 12.1 Å². The normalized spacial score (nSPS) is 29.0. The molecule has 3 aliphatic heterocycles. The van der Waals surface area contributed by atoms with Crippen LogP contribution in [0.5, 0.6) is 0 Å². The van der Waals surface area contributed by atoms with Crippen molar-refractivity contribution in [1.29, 1.82) is 0 Å². The van der Waals surface area contributed by atoms with Gasteiger partial charge in [0.2, 0.25) is 0 Å². The summed E-state index contributed by atoms with van der Waals surface area (Å²) >= 11 is 0. The monoisotopic (exact) mass is 286 g/mol. The first kappa shape index (κ1) is 14.7. The van der Waals surface area contributed by atoms with Crippen LogP contribution in [0.4, 0.5) is 0 Å². The van der Waals surface area contributed by atoms with Gasteiger partial charge in [0.1, 0.15) is 0 Å². The standard InChI is InChI=1S/C18H26N2O/c1-3-4-7-15-11-14-10-13(2)19-18(16(12-14)20-15)17-8-5-6-9-21-17/h10-11,16-17H,3-9,12H2,1-2H3/t16-,17?/m0/s1. The molecule has 3 rings (SSSR count). The van der Waals surface area contributed by atoms with Crippen LogP contribution in [0.3, 0.4) is 0 Å². The van der Waals surface area contributed by atoms with Gasteiger partial charge in [-0.05, 0) is 56.8 Å². The van der Waals surface area contributed by atoms with Gasteiger partial charge in [0.15, 0.2) is 0 Å². The van der Waals surface area contributed by atoms with E-state index in [2.05, 4.69) is 26.0 Å². The highest BCUT2D eigenvalue weighted by Gasteiger charge is 2.30. The predicted molar refractivity (Wildman–Crippen MR) is 88.2 cm³/mol. The zero-order valence-electron chi connectivity index (χ0n) is 13.3. The molecule has 3 nitrogen and oxygen atoms in total. The molecule has 0 N–H and O–H groups in total. The van der Waals surface area contributed by atoms with E-state index >= 15 is 0 Å². The summed E-state index contributed by atoms with van der Waals surface area (Å²) < 4.78 is 5.98. The summed E-state index contributed by atoms with van der Waals surface area (Å²) in [4.78, 5) is 9.85. The van der Waals surface area contributed by atoms with Crippen molar-refractivity contribution < 1.29 is 4.74 Å². The van der Waals surface area contributed by atoms with Crippen molar-refractivity contribution in [2.45, 2.75) is 70.9 Å². The Balaban J connectivity index is 1.85. The van der Waals surface area contributed by atoms with E-state index in [9.17, 15) is 0 Å². The minimum Gasteiger partial charge on any atom is -0.372 e. The molecule has 0 amide bonds. The first-order valence-electron chi connectivity index (χ1n) is 8.42. The van der Waals surface area contributed by atoms with Crippen LogP contribution in [0.25, 0.3) is 0 Å². The molecule has 0 aliphatic carbocycles. The number of nitrogens with zero attached hydrogens (tertiary/aromatic N) is 2. The summed E-state index contributed by atoms with van der Waals surface area (Å²) in [5, 5.41) is 0. The van der Waals surface area contributed by atoms with Crippen molar-refractivity contribution in [3.05, 3.63) is 23.4 Å². The van der Waals surface area contributed by atoms with Crippen molar-refractivity contribution in [2.24, 2.45) is 9.98 Å². The molecule has 0 aromatic carbocycles. The minimum atomic E-state index is 0.181. The topological polar surface area (TPSA) is 34.0 Å². The van der Waals surface area contributed by atoms with Crippen molar-refractivity contribution >= 4 is 11.4 Å². The summed E-state index contributed by atoms with van der Waals surface area (Å²) in [6.45, 7) is 5.20. The van der Waals surface area contributed by atoms with E-state index in [0.29, 0.717) is 0 Å². The van der Waals surface area contributed by atoms with Gasteiger partial charge >= 0.3 is 0 Å². The molecule has 21 heavy (non-hydrogen) atoms. The van der Waals surface area contributed by atoms with Gasteiger partial charge in [-0.2, -0.15) is 0 Å². The van der Waals surface area contributed by atoms with E-state index in [1.807, 2.05) is 0 Å². The van der Waals surface area contributed by atoms with Crippen LogP contribution in [0.15, 0.2) is 33.4 Å². The Labute approximate surface area is 127 Å². The largest absolute Gasteiger partial charge is 0.372 e. The molecular weight excluding hydrogens is 260 g/mol. The van der Waals surface area contributed by atoms with Crippen molar-refractivity contribution in [1.82, 2.24) is 0 Å². The molecule has 0 aromatic heterocycles. The first-order valence-corrected chi connectivity index (χ1v) is 8.42. The summed E-state index contributed by atoms with van der Waals surface area (Å²) in [5.41, 5.74) is 4.89. The maximum Gasteiger partial charge on any atom is 0.0978 e. The van der Waals surface area contributed by atoms with Gasteiger partial charge in [0, 0.05) is 24.4 Å². The van der Waals surface area contributed by atoms with Crippen LogP contribution in [0, 0.1) is 0 Å². The third kappa shape index (κ3) is 3.52. The second-order valence-electron chi connectivity index (χ2n) is 6.34. The Morgan fingerprint density at radius 2 is 2.19 bits per heavy atom. The van der Waals surface area contributed by atoms with Gasteiger partial charge in [-0.15, -0.1) is 0 Å². The Hall–Kier alpha value is -1.22. The second kappa shape index (κ2) is 6.69. The number of ether oxygens (including phenoxy) is 1. The molecule has 2 bridgehead atoms. The lowest BCUT2D eigenvalue weighted by Crippen LogP contribution is -2.37. The van der Waals surface area contributed by atoms with Gasteiger partial charge < -0.3 is 4.74 Å². The molecule has 0 saturated carbocycles. The fraction of sp³-hybridized carbons (Fsp3) is 0.667. The number of allylic oxidation sites excluding steroid dienone is 3. The van der Waals surface area contributed by atoms with Crippen LogP contribution in [-0.4, -0.2) is 30.2 Å². The maximum atomic E-state index is 5.98. The Bertz CT molecular complexity index is 507. The number of hydrogen-bond acceptors (Lipinski definition) is 3. The lowest BCUT2D eigenvalue weighted by atomic mass is 9.92. The highest BCUT2D eigenvalue weighted by Crippen LogP contribution is 2.28. The molecule has 0 radical (unpaired) electrons. The third-order valence-corrected chi connectivity index (χ3v) is 4.44. The molecule has 3 heterocycles. The summed E-state index contributed by atoms with van der Waals surface area (Å²) in [6, 6.07) is 0.202. The van der Waals surface area contributed by atoms with Crippen LogP contribution in [0.1, 0.15) is 58.8 Å². The van der Waals surface area contributed by atoms with E-state index in [4.69, 9.17) is 14.7 Å². The Morgan fingerprint density at radius 3 is 2.95 bits per heavy atom. The second-order valence-corrected chi connectivity index (χ2v) is 6.34. The molecule has 3 heteroatoms. The molecule has 1 unspecified atom stereocenters. The number of unbranched alkanes of at least 4 members (excludes halogenated alkanes) is 1. The van der Waals surface area contributed by atoms with Crippen molar-refractivity contribution in [3.63, 3.8) is 0 Å². The van der Waals surface area contributed by atoms with Gasteiger partial charge in [-0.1, -0.05) is 13.3 Å². The molecule has 1 saturated heterocycles. The first-order chi connectivity index (χ1) is 10.3. The van der Waals surface area contributed by atoms with Gasteiger partial charge in [-0.25, -0.2) is 0 Å². The summed E-state index contributed by atoms with van der Waals surface area (Å²) in [5.74, 6) is 0. The molecule has 0 aromatic rings. The van der Waals surface area contributed by atoms with E-state index in [1.54, 1.807) is 0 Å². The fourth-order valence-corrected chi connectivity index (χ4v) is 3.38. The number of hydrogen-bond donors (Lipinski definition) is 0. The minimum absolute atomic E-state index is 0.181. The SMILES string of the molecule is CCCCC1=N[C@H]2CC(=C1)C=C(C)N=C2C1CCCCO1. The lowest BCUT2D eigenvalue weighted by molar-refractivity contribution is 0.0568. The Morgan fingerprint density at radius 1 is 1.29 bits per heavy atom. The molecule has 3 aliphatic rings. The van der Waals surface area contributed by atoms with Crippen LogP contribution in [-0.2, 0) is 4.74 Å². The molecule has 2 atom stereocenters. The lowest BCUT2D eigenvalue weighted by Gasteiger charge is -2.28. The smallest absolute Gasteiger partial charge is 0.0978 e. The van der Waals surface area contributed by atoms with E-state index in [1.165, 1.54) is 42.7 Å². The summed E-state index contributed by atoms with van der Waals surface area (Å²) in [6.07, 6.45) is 12.7. The maximum absolute atomic E-state index is 5.98. The fourth-order valence-electron chi connectivity index (χ4n) is 3.38.